The van der Waals surface area contributed by atoms with Crippen LogP contribution in [0.3, 0.4) is 0 Å². The Kier molecular flexibility index (Phi) is 6.36. The molecule has 0 saturated heterocycles. The van der Waals surface area contributed by atoms with Crippen molar-refractivity contribution in [1.82, 2.24) is 0 Å². The Bertz CT molecular complexity index is 473. The average Bonchev–Trinajstić information content (AvgIpc) is 2.45. The third kappa shape index (κ3) is 4.46. The van der Waals surface area contributed by atoms with Gasteiger partial charge in [-0.15, -0.1) is 0 Å². The van der Waals surface area contributed by atoms with E-state index in [4.69, 9.17) is 19.9 Å². The highest BCUT2D eigenvalue weighted by Crippen LogP contribution is 2.25. The molecule has 20 heavy (non-hydrogen) atoms. The number of esters is 2. The van der Waals surface area contributed by atoms with Gasteiger partial charge in [0.15, 0.2) is 6.61 Å². The number of benzene rings is 1. The van der Waals surface area contributed by atoms with Crippen LogP contribution < -0.4 is 10.5 Å². The summed E-state index contributed by atoms with van der Waals surface area (Å²) < 4.78 is 14.7. The summed E-state index contributed by atoms with van der Waals surface area (Å²) >= 11 is 0. The molecule has 0 spiro atoms. The summed E-state index contributed by atoms with van der Waals surface area (Å²) in [6, 6.07) is 4.75. The summed E-state index contributed by atoms with van der Waals surface area (Å²) in [6.45, 7) is 1.88. The lowest BCUT2D eigenvalue weighted by atomic mass is 10.1. The highest BCUT2D eigenvalue weighted by atomic mass is 16.6. The summed E-state index contributed by atoms with van der Waals surface area (Å²) in [4.78, 5) is 23.1. The standard InChI is InChI=1S/C14H19NO5/c1-3-4-8-19-12(16)9-20-14(17)10-6-5-7-11(18-2)13(10)15/h5-7H,3-4,8-9,15H2,1-2H3. The molecule has 0 aromatic heterocycles. The van der Waals surface area contributed by atoms with Gasteiger partial charge in [0.05, 0.1) is 25.0 Å². The van der Waals surface area contributed by atoms with Gasteiger partial charge in [0.1, 0.15) is 5.75 Å². The second kappa shape index (κ2) is 8.04. The second-order valence-electron chi connectivity index (χ2n) is 4.07. The minimum Gasteiger partial charge on any atom is -0.495 e. The molecule has 0 atom stereocenters. The first kappa shape index (κ1) is 15.8. The van der Waals surface area contributed by atoms with Gasteiger partial charge in [-0.1, -0.05) is 19.4 Å². The van der Waals surface area contributed by atoms with Gasteiger partial charge in [-0.05, 0) is 18.6 Å². The van der Waals surface area contributed by atoms with Gasteiger partial charge in [-0.2, -0.15) is 0 Å². The predicted octanol–water partition coefficient (Wildman–Crippen LogP) is 1.78. The molecule has 1 aromatic rings. The number of hydrogen-bond acceptors (Lipinski definition) is 6. The van der Waals surface area contributed by atoms with Crippen molar-refractivity contribution in [2.75, 3.05) is 26.1 Å². The van der Waals surface area contributed by atoms with Crippen molar-refractivity contribution in [3.63, 3.8) is 0 Å². The number of nitrogen functional groups attached to an aromatic ring is 1. The Hall–Kier alpha value is -2.24. The number of nitrogens with two attached hydrogens (primary N) is 1. The van der Waals surface area contributed by atoms with Crippen LogP contribution in [0.2, 0.25) is 0 Å². The first-order valence-corrected chi connectivity index (χ1v) is 6.35. The van der Waals surface area contributed by atoms with Gasteiger partial charge in [-0.3, -0.25) is 0 Å². The highest BCUT2D eigenvalue weighted by Gasteiger charge is 2.16. The van der Waals surface area contributed by atoms with Crippen molar-refractivity contribution in [3.05, 3.63) is 23.8 Å². The normalized spacial score (nSPS) is 9.90. The molecule has 6 nitrogen and oxygen atoms in total. The molecule has 0 bridgehead atoms. The Balaban J connectivity index is 2.53. The number of carbonyl (C=O) groups excluding carboxylic acids is 2. The topological polar surface area (TPSA) is 87.8 Å². The van der Waals surface area contributed by atoms with Gasteiger partial charge in [0.2, 0.25) is 0 Å². The average molecular weight is 281 g/mol. The predicted molar refractivity (Wildman–Crippen MR) is 73.6 cm³/mol. The van der Waals surface area contributed by atoms with Gasteiger partial charge >= 0.3 is 11.9 Å². The van der Waals surface area contributed by atoms with Crippen molar-refractivity contribution in [3.8, 4) is 5.75 Å². The smallest absolute Gasteiger partial charge is 0.344 e. The monoisotopic (exact) mass is 281 g/mol. The molecule has 0 fully saturated rings. The molecule has 0 saturated carbocycles. The fraction of sp³-hybridized carbons (Fsp3) is 0.429. The molecule has 0 aliphatic rings. The van der Waals surface area contributed by atoms with Crippen molar-refractivity contribution in [2.45, 2.75) is 19.8 Å². The largest absolute Gasteiger partial charge is 0.495 e. The number of unbranched alkanes of at least 4 members (excludes halogenated alkanes) is 1. The lowest BCUT2D eigenvalue weighted by molar-refractivity contribution is -0.147. The fourth-order valence-corrected chi connectivity index (χ4v) is 1.47. The summed E-state index contributed by atoms with van der Waals surface area (Å²) in [5.74, 6) is -0.882. The van der Waals surface area contributed by atoms with Crippen molar-refractivity contribution < 1.29 is 23.8 Å². The van der Waals surface area contributed by atoms with Gasteiger partial charge in [-0.25, -0.2) is 9.59 Å². The minimum absolute atomic E-state index is 0.158. The third-order valence-electron chi connectivity index (χ3n) is 2.59. The number of methoxy groups -OCH3 is 1. The molecule has 0 aliphatic heterocycles. The Morgan fingerprint density at radius 3 is 2.65 bits per heavy atom. The summed E-state index contributed by atoms with van der Waals surface area (Å²) in [6.07, 6.45) is 1.70. The molecule has 0 aliphatic carbocycles. The van der Waals surface area contributed by atoms with Gasteiger partial charge in [0, 0.05) is 0 Å². The fourth-order valence-electron chi connectivity index (χ4n) is 1.47. The van der Waals surface area contributed by atoms with Crippen LogP contribution in [0, 0.1) is 0 Å². The lowest BCUT2D eigenvalue weighted by Crippen LogP contribution is -2.18. The number of rotatable bonds is 7. The minimum atomic E-state index is -0.686. The van der Waals surface area contributed by atoms with Crippen LogP contribution in [-0.4, -0.2) is 32.3 Å². The molecule has 1 rings (SSSR count). The number of hydrogen-bond donors (Lipinski definition) is 1. The second-order valence-corrected chi connectivity index (χ2v) is 4.07. The maximum absolute atomic E-state index is 11.8. The van der Waals surface area contributed by atoms with E-state index in [1.54, 1.807) is 12.1 Å². The summed E-state index contributed by atoms with van der Waals surface area (Å²) in [7, 11) is 1.45. The van der Waals surface area contributed by atoms with Crippen LogP contribution in [0.5, 0.6) is 5.75 Å². The highest BCUT2D eigenvalue weighted by molar-refractivity contribution is 5.97. The van der Waals surface area contributed by atoms with E-state index in [0.717, 1.165) is 12.8 Å². The molecule has 0 radical (unpaired) electrons. The quantitative estimate of drug-likeness (QED) is 0.465. The van der Waals surface area contributed by atoms with Crippen molar-refractivity contribution >= 4 is 17.6 Å². The van der Waals surface area contributed by atoms with Crippen LogP contribution in [0.15, 0.2) is 18.2 Å². The molecule has 2 N–H and O–H groups in total. The summed E-state index contributed by atoms with van der Waals surface area (Å²) in [5.41, 5.74) is 6.10. The van der Waals surface area contributed by atoms with Crippen LogP contribution in [-0.2, 0) is 14.3 Å². The SMILES string of the molecule is CCCCOC(=O)COC(=O)c1cccc(OC)c1N. The Morgan fingerprint density at radius 1 is 1.25 bits per heavy atom. The maximum atomic E-state index is 11.8. The molecular weight excluding hydrogens is 262 g/mol. The van der Waals surface area contributed by atoms with Crippen molar-refractivity contribution in [1.29, 1.82) is 0 Å². The molecule has 0 heterocycles. The molecule has 0 amide bonds. The van der Waals surface area contributed by atoms with Gasteiger partial charge in [0.25, 0.3) is 0 Å². The molecule has 110 valence electrons. The Morgan fingerprint density at radius 2 is 2.00 bits per heavy atom. The molecule has 1 aromatic carbocycles. The van der Waals surface area contributed by atoms with E-state index in [2.05, 4.69) is 0 Å². The number of ether oxygens (including phenoxy) is 3. The number of para-hydroxylation sites is 1. The lowest BCUT2D eigenvalue weighted by Gasteiger charge is -2.09. The zero-order valence-electron chi connectivity index (χ0n) is 11.7. The zero-order valence-corrected chi connectivity index (χ0v) is 11.7. The Labute approximate surface area is 117 Å². The van der Waals surface area contributed by atoms with Crippen LogP contribution in [0.4, 0.5) is 5.69 Å². The molecule has 6 heteroatoms. The first-order valence-electron chi connectivity index (χ1n) is 6.35. The van der Waals surface area contributed by atoms with E-state index in [0.29, 0.717) is 12.4 Å². The van der Waals surface area contributed by atoms with E-state index in [-0.39, 0.29) is 11.3 Å². The summed E-state index contributed by atoms with van der Waals surface area (Å²) in [5, 5.41) is 0. The van der Waals surface area contributed by atoms with Crippen LogP contribution in [0.1, 0.15) is 30.1 Å². The van der Waals surface area contributed by atoms with E-state index in [1.807, 2.05) is 6.92 Å². The maximum Gasteiger partial charge on any atom is 0.344 e. The van der Waals surface area contributed by atoms with Crippen LogP contribution >= 0.6 is 0 Å². The third-order valence-corrected chi connectivity index (χ3v) is 2.59. The zero-order chi connectivity index (χ0) is 15.0. The first-order chi connectivity index (χ1) is 9.60. The number of carbonyl (C=O) groups is 2. The van der Waals surface area contributed by atoms with E-state index in [1.165, 1.54) is 13.2 Å². The van der Waals surface area contributed by atoms with Crippen LogP contribution in [0.25, 0.3) is 0 Å². The van der Waals surface area contributed by atoms with E-state index >= 15 is 0 Å². The van der Waals surface area contributed by atoms with Crippen molar-refractivity contribution in [2.24, 2.45) is 0 Å². The molecule has 0 unspecified atom stereocenters. The van der Waals surface area contributed by atoms with E-state index in [9.17, 15) is 9.59 Å². The van der Waals surface area contributed by atoms with E-state index < -0.39 is 18.5 Å². The van der Waals surface area contributed by atoms with Gasteiger partial charge < -0.3 is 19.9 Å². The number of anilines is 1. The molecular formula is C14H19NO5.